The molecule has 1 rings (SSSR count). The van der Waals surface area contributed by atoms with E-state index in [9.17, 15) is 18.5 Å². The Morgan fingerprint density at radius 3 is 2.55 bits per heavy atom. The molecule has 1 N–H and O–H groups in total. The zero-order valence-corrected chi connectivity index (χ0v) is 12.4. The highest BCUT2D eigenvalue weighted by Gasteiger charge is 2.23. The zero-order chi connectivity index (χ0) is 15.3. The van der Waals surface area contributed by atoms with Crippen LogP contribution in [0.1, 0.15) is 13.8 Å². The van der Waals surface area contributed by atoms with Crippen molar-refractivity contribution < 1.29 is 18.1 Å². The number of nitrogens with zero attached hydrogens (tertiary/aromatic N) is 1. The summed E-state index contributed by atoms with van der Waals surface area (Å²) >= 11 is 0. The molecule has 1 aromatic carbocycles. The van der Waals surface area contributed by atoms with Gasteiger partial charge in [-0.25, -0.2) is 8.42 Å². The van der Waals surface area contributed by atoms with Crippen molar-refractivity contribution in [2.24, 2.45) is 0 Å². The maximum atomic E-state index is 12.0. The van der Waals surface area contributed by atoms with E-state index in [-0.39, 0.29) is 16.3 Å². The van der Waals surface area contributed by atoms with Crippen LogP contribution < -0.4 is 5.32 Å². The van der Waals surface area contributed by atoms with Crippen LogP contribution in [0.4, 0.5) is 11.4 Å². The molecule has 0 aliphatic carbocycles. The van der Waals surface area contributed by atoms with Gasteiger partial charge in [0.15, 0.2) is 9.84 Å². The van der Waals surface area contributed by atoms with Crippen molar-refractivity contribution in [3.05, 3.63) is 28.3 Å². The Bertz CT molecular complexity index is 584. The van der Waals surface area contributed by atoms with Gasteiger partial charge in [-0.3, -0.25) is 10.1 Å². The second kappa shape index (κ2) is 6.67. The fourth-order valence-electron chi connectivity index (χ4n) is 1.55. The van der Waals surface area contributed by atoms with Crippen LogP contribution in [0.3, 0.4) is 0 Å². The first-order chi connectivity index (χ1) is 9.30. The molecule has 0 aliphatic heterocycles. The van der Waals surface area contributed by atoms with Crippen LogP contribution in [0.2, 0.25) is 0 Å². The van der Waals surface area contributed by atoms with Gasteiger partial charge in [0.05, 0.1) is 21.7 Å². The van der Waals surface area contributed by atoms with Crippen LogP contribution >= 0.6 is 0 Å². The predicted molar refractivity (Wildman–Crippen MR) is 75.8 cm³/mol. The average molecular weight is 302 g/mol. The number of nitro benzene ring substituents is 1. The SMILES string of the molecule is COCCNc1ccc(S(=O)(=O)C(C)C)cc1[N+](=O)[O-]. The summed E-state index contributed by atoms with van der Waals surface area (Å²) in [6, 6.07) is 3.87. The summed E-state index contributed by atoms with van der Waals surface area (Å²) in [5, 5.41) is 13.3. The number of sulfone groups is 1. The van der Waals surface area contributed by atoms with Gasteiger partial charge in [0.1, 0.15) is 5.69 Å². The van der Waals surface area contributed by atoms with Gasteiger partial charge in [-0.05, 0) is 26.0 Å². The van der Waals surface area contributed by atoms with E-state index in [1.165, 1.54) is 33.1 Å². The van der Waals surface area contributed by atoms with Gasteiger partial charge < -0.3 is 10.1 Å². The minimum atomic E-state index is -3.53. The van der Waals surface area contributed by atoms with E-state index in [4.69, 9.17) is 4.74 Å². The Hall–Kier alpha value is -1.67. The monoisotopic (exact) mass is 302 g/mol. The molecule has 112 valence electrons. The Balaban J connectivity index is 3.17. The largest absolute Gasteiger partial charge is 0.383 e. The lowest BCUT2D eigenvalue weighted by Gasteiger charge is -2.10. The zero-order valence-electron chi connectivity index (χ0n) is 11.6. The number of nitrogens with one attached hydrogen (secondary N) is 1. The van der Waals surface area contributed by atoms with Gasteiger partial charge in [-0.2, -0.15) is 0 Å². The molecule has 0 amide bonds. The van der Waals surface area contributed by atoms with Crippen LogP contribution in [0.5, 0.6) is 0 Å². The first kappa shape index (κ1) is 16.4. The normalized spacial score (nSPS) is 11.6. The average Bonchev–Trinajstić information content (AvgIpc) is 2.38. The molecule has 0 aliphatic rings. The van der Waals surface area contributed by atoms with Crippen LogP contribution in [0, 0.1) is 10.1 Å². The molecule has 0 saturated heterocycles. The fraction of sp³-hybridized carbons (Fsp3) is 0.500. The van der Waals surface area contributed by atoms with Crippen molar-refractivity contribution >= 4 is 21.2 Å². The molecular weight excluding hydrogens is 284 g/mol. The molecule has 0 spiro atoms. The molecular formula is C12H18N2O5S. The van der Waals surface area contributed by atoms with Crippen molar-refractivity contribution in [3.8, 4) is 0 Å². The van der Waals surface area contributed by atoms with Gasteiger partial charge in [-0.15, -0.1) is 0 Å². The molecule has 0 saturated carbocycles. The highest BCUT2D eigenvalue weighted by molar-refractivity contribution is 7.92. The van der Waals surface area contributed by atoms with Crippen LogP contribution in [-0.4, -0.2) is 38.9 Å². The van der Waals surface area contributed by atoms with E-state index in [0.29, 0.717) is 13.2 Å². The maximum Gasteiger partial charge on any atom is 0.293 e. The number of benzene rings is 1. The van der Waals surface area contributed by atoms with Crippen molar-refractivity contribution in [3.63, 3.8) is 0 Å². The van der Waals surface area contributed by atoms with Crippen molar-refractivity contribution in [2.75, 3.05) is 25.6 Å². The second-order valence-electron chi connectivity index (χ2n) is 4.45. The number of nitro groups is 1. The first-order valence-electron chi connectivity index (χ1n) is 6.06. The highest BCUT2D eigenvalue weighted by atomic mass is 32.2. The van der Waals surface area contributed by atoms with Crippen molar-refractivity contribution in [1.82, 2.24) is 0 Å². The molecule has 0 atom stereocenters. The molecule has 7 nitrogen and oxygen atoms in total. The standard InChI is InChI=1S/C12H18N2O5S/c1-9(2)20(17,18)10-4-5-11(13-6-7-19-3)12(8-10)14(15)16/h4-5,8-9,13H,6-7H2,1-3H3. The summed E-state index contributed by atoms with van der Waals surface area (Å²) < 4.78 is 28.9. The van der Waals surface area contributed by atoms with Gasteiger partial charge in [0.2, 0.25) is 0 Å². The number of hydrogen-bond donors (Lipinski definition) is 1. The molecule has 0 aromatic heterocycles. The van der Waals surface area contributed by atoms with E-state index in [1.807, 2.05) is 0 Å². The Labute approximate surface area is 118 Å². The van der Waals surface area contributed by atoms with E-state index < -0.39 is 20.0 Å². The van der Waals surface area contributed by atoms with E-state index in [2.05, 4.69) is 5.32 Å². The molecule has 0 unspecified atom stereocenters. The minimum Gasteiger partial charge on any atom is -0.383 e. The molecule has 0 radical (unpaired) electrons. The Morgan fingerprint density at radius 1 is 1.40 bits per heavy atom. The van der Waals surface area contributed by atoms with E-state index in [0.717, 1.165) is 6.07 Å². The maximum absolute atomic E-state index is 12.0. The molecule has 0 fully saturated rings. The summed E-state index contributed by atoms with van der Waals surface area (Å²) in [7, 11) is -2.01. The summed E-state index contributed by atoms with van der Waals surface area (Å²) in [4.78, 5) is 10.4. The van der Waals surface area contributed by atoms with Gasteiger partial charge in [-0.1, -0.05) is 0 Å². The molecule has 0 heterocycles. The third kappa shape index (κ3) is 3.67. The van der Waals surface area contributed by atoms with E-state index >= 15 is 0 Å². The number of hydrogen-bond acceptors (Lipinski definition) is 6. The smallest absolute Gasteiger partial charge is 0.293 e. The van der Waals surface area contributed by atoms with E-state index in [1.54, 1.807) is 0 Å². The molecule has 1 aromatic rings. The topological polar surface area (TPSA) is 98.5 Å². The minimum absolute atomic E-state index is 0.0449. The fourth-order valence-corrected chi connectivity index (χ4v) is 2.63. The van der Waals surface area contributed by atoms with Gasteiger partial charge >= 0.3 is 0 Å². The third-order valence-electron chi connectivity index (χ3n) is 2.74. The summed E-state index contributed by atoms with van der Waals surface area (Å²) in [5.74, 6) is 0. The van der Waals surface area contributed by atoms with Crippen molar-refractivity contribution in [2.45, 2.75) is 24.0 Å². The number of methoxy groups -OCH3 is 1. The van der Waals surface area contributed by atoms with Crippen LogP contribution in [-0.2, 0) is 14.6 Å². The second-order valence-corrected chi connectivity index (χ2v) is 6.95. The Morgan fingerprint density at radius 2 is 2.05 bits per heavy atom. The number of rotatable bonds is 7. The lowest BCUT2D eigenvalue weighted by atomic mass is 10.2. The van der Waals surface area contributed by atoms with Gasteiger partial charge in [0, 0.05) is 19.7 Å². The molecule has 0 bridgehead atoms. The molecule has 8 heteroatoms. The quantitative estimate of drug-likeness (QED) is 0.469. The van der Waals surface area contributed by atoms with Crippen LogP contribution in [0.25, 0.3) is 0 Å². The Kier molecular flexibility index (Phi) is 5.46. The molecule has 20 heavy (non-hydrogen) atoms. The third-order valence-corrected chi connectivity index (χ3v) is 4.89. The van der Waals surface area contributed by atoms with Crippen molar-refractivity contribution in [1.29, 1.82) is 0 Å². The predicted octanol–water partition coefficient (Wildman–Crippen LogP) is 1.84. The lowest BCUT2D eigenvalue weighted by Crippen LogP contribution is -2.15. The number of anilines is 1. The first-order valence-corrected chi connectivity index (χ1v) is 7.60. The number of ether oxygens (including phenoxy) is 1. The summed E-state index contributed by atoms with van der Waals surface area (Å²) in [6.45, 7) is 3.86. The van der Waals surface area contributed by atoms with Gasteiger partial charge in [0.25, 0.3) is 5.69 Å². The highest BCUT2D eigenvalue weighted by Crippen LogP contribution is 2.28. The lowest BCUT2D eigenvalue weighted by molar-refractivity contribution is -0.384. The summed E-state index contributed by atoms with van der Waals surface area (Å²) in [5.41, 5.74) is 0.0117. The summed E-state index contributed by atoms with van der Waals surface area (Å²) in [6.07, 6.45) is 0. The van der Waals surface area contributed by atoms with Crippen LogP contribution in [0.15, 0.2) is 23.1 Å².